The summed E-state index contributed by atoms with van der Waals surface area (Å²) in [7, 11) is 5.22. The molecule has 6 heteroatoms. The molecule has 0 saturated carbocycles. The Balaban J connectivity index is 2.16. The summed E-state index contributed by atoms with van der Waals surface area (Å²) >= 11 is 0. The van der Waals surface area contributed by atoms with Gasteiger partial charge in [0.15, 0.2) is 0 Å². The van der Waals surface area contributed by atoms with Crippen molar-refractivity contribution in [2.45, 2.75) is 25.7 Å². The Kier molecular flexibility index (Phi) is 3.20. The molecule has 25 heavy (non-hydrogen) atoms. The van der Waals surface area contributed by atoms with Crippen LogP contribution < -0.4 is 20.9 Å². The molecule has 132 valence electrons. The van der Waals surface area contributed by atoms with E-state index in [9.17, 15) is 9.59 Å². The summed E-state index contributed by atoms with van der Waals surface area (Å²) in [4.78, 5) is 27.6. The van der Waals surface area contributed by atoms with Gasteiger partial charge in [0.05, 0.1) is 11.0 Å². The highest BCUT2D eigenvalue weighted by atomic mass is 16.5. The fraction of sp³-hybridized carbons (Fsp3) is 0.474. The van der Waals surface area contributed by atoms with Crippen molar-refractivity contribution < 1.29 is 4.74 Å². The number of rotatable bonds is 0. The van der Waals surface area contributed by atoms with Gasteiger partial charge in [-0.1, -0.05) is 12.1 Å². The van der Waals surface area contributed by atoms with Crippen molar-refractivity contribution >= 4 is 5.82 Å². The van der Waals surface area contributed by atoms with Crippen LogP contribution in [-0.2, 0) is 19.5 Å². The highest BCUT2D eigenvalue weighted by molar-refractivity contribution is 5.64. The predicted molar refractivity (Wildman–Crippen MR) is 97.0 cm³/mol. The van der Waals surface area contributed by atoms with Crippen LogP contribution in [0.5, 0.6) is 5.75 Å². The molecule has 0 radical (unpaired) electrons. The van der Waals surface area contributed by atoms with Crippen LogP contribution in [0.15, 0.2) is 21.7 Å². The van der Waals surface area contributed by atoms with E-state index in [1.54, 1.807) is 18.7 Å². The molecule has 2 aliphatic rings. The molecule has 1 spiro atoms. The van der Waals surface area contributed by atoms with Gasteiger partial charge in [0.1, 0.15) is 18.2 Å². The number of aryl methyl sites for hydroxylation is 2. The van der Waals surface area contributed by atoms with E-state index in [-0.39, 0.29) is 11.2 Å². The molecule has 0 N–H and O–H groups in total. The summed E-state index contributed by atoms with van der Waals surface area (Å²) < 4.78 is 8.90. The van der Waals surface area contributed by atoms with E-state index in [4.69, 9.17) is 4.74 Å². The van der Waals surface area contributed by atoms with Crippen molar-refractivity contribution in [3.8, 4) is 5.75 Å². The first-order valence-corrected chi connectivity index (χ1v) is 8.54. The van der Waals surface area contributed by atoms with Gasteiger partial charge < -0.3 is 9.64 Å². The number of hydrogen-bond acceptors (Lipinski definition) is 4. The van der Waals surface area contributed by atoms with E-state index in [1.165, 1.54) is 4.57 Å². The zero-order valence-electron chi connectivity index (χ0n) is 15.3. The Morgan fingerprint density at radius 2 is 1.68 bits per heavy atom. The lowest BCUT2D eigenvalue weighted by atomic mass is 9.70. The topological polar surface area (TPSA) is 56.5 Å². The maximum Gasteiger partial charge on any atom is 0.332 e. The zero-order chi connectivity index (χ0) is 18.1. The molecule has 1 aromatic heterocycles. The summed E-state index contributed by atoms with van der Waals surface area (Å²) in [5.74, 6) is 1.60. The van der Waals surface area contributed by atoms with E-state index < -0.39 is 5.41 Å². The van der Waals surface area contributed by atoms with Crippen molar-refractivity contribution in [3.05, 3.63) is 55.2 Å². The largest absolute Gasteiger partial charge is 0.492 e. The first-order valence-electron chi connectivity index (χ1n) is 8.54. The number of anilines is 1. The third kappa shape index (κ3) is 1.85. The second-order valence-corrected chi connectivity index (χ2v) is 7.35. The smallest absolute Gasteiger partial charge is 0.332 e. The van der Waals surface area contributed by atoms with Crippen molar-refractivity contribution in [3.63, 3.8) is 0 Å². The van der Waals surface area contributed by atoms with Crippen molar-refractivity contribution in [2.75, 3.05) is 25.1 Å². The molecule has 0 amide bonds. The van der Waals surface area contributed by atoms with Gasteiger partial charge in [0, 0.05) is 33.3 Å². The minimum Gasteiger partial charge on any atom is -0.492 e. The molecule has 2 aliphatic heterocycles. The van der Waals surface area contributed by atoms with Crippen LogP contribution in [0.4, 0.5) is 5.82 Å². The monoisotopic (exact) mass is 341 g/mol. The van der Waals surface area contributed by atoms with Gasteiger partial charge in [0.25, 0.3) is 5.56 Å². The SMILES string of the molecule is Cc1ccc(C)c2c1OCC21CCN(C)c2c1c(=O)n(C)c(=O)n2C. The first-order chi connectivity index (χ1) is 11.8. The van der Waals surface area contributed by atoms with Crippen LogP contribution in [0, 0.1) is 13.8 Å². The Morgan fingerprint density at radius 1 is 1.00 bits per heavy atom. The molecule has 1 atom stereocenters. The van der Waals surface area contributed by atoms with Crippen LogP contribution >= 0.6 is 0 Å². The third-order valence-corrected chi connectivity index (χ3v) is 5.85. The van der Waals surface area contributed by atoms with Gasteiger partial charge in [0.2, 0.25) is 0 Å². The fourth-order valence-corrected chi connectivity index (χ4v) is 4.52. The van der Waals surface area contributed by atoms with Gasteiger partial charge in [-0.2, -0.15) is 0 Å². The fourth-order valence-electron chi connectivity index (χ4n) is 4.52. The second-order valence-electron chi connectivity index (χ2n) is 7.35. The molecule has 6 nitrogen and oxygen atoms in total. The van der Waals surface area contributed by atoms with Crippen LogP contribution in [0.25, 0.3) is 0 Å². The maximum atomic E-state index is 13.2. The summed E-state index contributed by atoms with van der Waals surface area (Å²) in [6.45, 7) is 5.32. The number of benzene rings is 1. The van der Waals surface area contributed by atoms with Crippen molar-refractivity contribution in [2.24, 2.45) is 14.1 Å². The van der Waals surface area contributed by atoms with Crippen LogP contribution in [0.2, 0.25) is 0 Å². The first kappa shape index (κ1) is 16.0. The summed E-state index contributed by atoms with van der Waals surface area (Å²) in [6, 6.07) is 4.15. The number of fused-ring (bicyclic) bond motifs is 4. The molecule has 0 saturated heterocycles. The average Bonchev–Trinajstić information content (AvgIpc) is 2.97. The minimum absolute atomic E-state index is 0.220. The molecule has 0 bridgehead atoms. The lowest BCUT2D eigenvalue weighted by molar-refractivity contribution is 0.274. The van der Waals surface area contributed by atoms with E-state index in [0.717, 1.165) is 35.4 Å². The lowest BCUT2D eigenvalue weighted by Gasteiger charge is -2.40. The number of aromatic nitrogens is 2. The van der Waals surface area contributed by atoms with E-state index in [0.29, 0.717) is 18.0 Å². The Labute approximate surface area is 146 Å². The number of ether oxygens (including phenoxy) is 1. The van der Waals surface area contributed by atoms with E-state index >= 15 is 0 Å². The Morgan fingerprint density at radius 3 is 2.40 bits per heavy atom. The molecule has 0 aliphatic carbocycles. The highest BCUT2D eigenvalue weighted by Crippen LogP contribution is 2.51. The van der Waals surface area contributed by atoms with Crippen LogP contribution in [0.3, 0.4) is 0 Å². The van der Waals surface area contributed by atoms with Gasteiger partial charge >= 0.3 is 5.69 Å². The summed E-state index contributed by atoms with van der Waals surface area (Å²) in [6.07, 6.45) is 0.793. The van der Waals surface area contributed by atoms with Crippen LogP contribution in [0.1, 0.15) is 28.7 Å². The average molecular weight is 341 g/mol. The zero-order valence-corrected chi connectivity index (χ0v) is 15.3. The lowest BCUT2D eigenvalue weighted by Crippen LogP contribution is -2.52. The molecule has 1 unspecified atom stereocenters. The van der Waals surface area contributed by atoms with Crippen molar-refractivity contribution in [1.29, 1.82) is 0 Å². The molecule has 1 aromatic carbocycles. The predicted octanol–water partition coefficient (Wildman–Crippen LogP) is 1.22. The molecule has 2 aromatic rings. The van der Waals surface area contributed by atoms with Crippen molar-refractivity contribution in [1.82, 2.24) is 9.13 Å². The molecule has 0 fully saturated rings. The quantitative estimate of drug-likeness (QED) is 0.723. The van der Waals surface area contributed by atoms with Crippen LogP contribution in [-0.4, -0.2) is 29.3 Å². The third-order valence-electron chi connectivity index (χ3n) is 5.85. The molecular formula is C19H23N3O3. The minimum atomic E-state index is -0.492. The van der Waals surface area contributed by atoms with E-state index in [1.807, 2.05) is 18.9 Å². The Bertz CT molecular complexity index is 1020. The number of nitrogens with zero attached hydrogens (tertiary/aromatic N) is 3. The van der Waals surface area contributed by atoms with Gasteiger partial charge in [-0.25, -0.2) is 4.79 Å². The summed E-state index contributed by atoms with van der Waals surface area (Å²) in [5, 5.41) is 0. The Hall–Kier alpha value is -2.50. The van der Waals surface area contributed by atoms with Gasteiger partial charge in [-0.3, -0.25) is 13.9 Å². The van der Waals surface area contributed by atoms with Gasteiger partial charge in [-0.15, -0.1) is 0 Å². The van der Waals surface area contributed by atoms with E-state index in [2.05, 4.69) is 19.1 Å². The molecule has 3 heterocycles. The second kappa shape index (κ2) is 5.00. The van der Waals surface area contributed by atoms with Gasteiger partial charge in [-0.05, 0) is 31.4 Å². The molecule has 4 rings (SSSR count). The summed E-state index contributed by atoms with van der Waals surface area (Å²) in [5.41, 5.74) is 2.99. The maximum absolute atomic E-state index is 13.2. The standard InChI is InChI=1S/C19H23N3O3/c1-11-6-7-12(2)15-13(11)19(10-25-15)8-9-20(3)16-14(19)17(23)22(5)18(24)21(16)4/h6-7H,8-10H2,1-5H3. The highest BCUT2D eigenvalue weighted by Gasteiger charge is 2.50. The number of hydrogen-bond donors (Lipinski definition) is 0. The normalized spacial score (nSPS) is 21.2. The molecular weight excluding hydrogens is 318 g/mol.